The molecule has 138 valence electrons. The number of benzene rings is 2. The zero-order valence-corrected chi connectivity index (χ0v) is 15.4. The maximum Gasteiger partial charge on any atom is 0.226 e. The fraction of sp³-hybridized carbons (Fsp3) is 0.381. The van der Waals surface area contributed by atoms with Crippen LogP contribution in [0.15, 0.2) is 54.6 Å². The third kappa shape index (κ3) is 4.55. The summed E-state index contributed by atoms with van der Waals surface area (Å²) in [5.41, 5.74) is 1.17. The molecule has 2 aromatic carbocycles. The highest BCUT2D eigenvalue weighted by Crippen LogP contribution is 2.27. The Morgan fingerprint density at radius 2 is 1.85 bits per heavy atom. The average Bonchev–Trinajstić information content (AvgIpc) is 2.69. The predicted octanol–water partition coefficient (Wildman–Crippen LogP) is 2.98. The van der Waals surface area contributed by atoms with E-state index < -0.39 is 0 Å². The largest absolute Gasteiger partial charge is 0.497 e. The van der Waals surface area contributed by atoms with E-state index in [2.05, 4.69) is 18.0 Å². The Morgan fingerprint density at radius 1 is 1.08 bits per heavy atom. The van der Waals surface area contributed by atoms with Crippen LogP contribution < -0.4 is 9.47 Å². The molecular weight excluding hydrogens is 328 g/mol. The quantitative estimate of drug-likeness (QED) is 0.800. The Balaban J connectivity index is 1.57. The standard InChI is InChI=1S/C21H26N2O3/c1-22-12-13-23(16-20(22)17-7-6-10-19(15-17)25-2)21(24)11-14-26-18-8-4-3-5-9-18/h3-10,15,20H,11-14,16H2,1-2H3. The number of para-hydroxylation sites is 1. The van der Waals surface area contributed by atoms with Crippen LogP contribution in [0, 0.1) is 0 Å². The minimum absolute atomic E-state index is 0.141. The van der Waals surface area contributed by atoms with E-state index in [4.69, 9.17) is 9.47 Å². The van der Waals surface area contributed by atoms with Gasteiger partial charge in [0.15, 0.2) is 0 Å². The molecule has 0 N–H and O–H groups in total. The number of methoxy groups -OCH3 is 1. The van der Waals surface area contributed by atoms with E-state index in [1.165, 1.54) is 5.56 Å². The highest BCUT2D eigenvalue weighted by molar-refractivity contribution is 5.76. The van der Waals surface area contributed by atoms with E-state index in [9.17, 15) is 4.79 Å². The topological polar surface area (TPSA) is 42.0 Å². The molecule has 0 saturated carbocycles. The minimum Gasteiger partial charge on any atom is -0.497 e. The number of carbonyl (C=O) groups is 1. The summed E-state index contributed by atoms with van der Waals surface area (Å²) in [6.07, 6.45) is 0.392. The second-order valence-corrected chi connectivity index (χ2v) is 6.52. The van der Waals surface area contributed by atoms with Gasteiger partial charge in [0.2, 0.25) is 5.91 Å². The van der Waals surface area contributed by atoms with E-state index in [0.717, 1.165) is 24.6 Å². The van der Waals surface area contributed by atoms with Crippen LogP contribution in [0.4, 0.5) is 0 Å². The Kier molecular flexibility index (Phi) is 6.12. The Labute approximate surface area is 155 Å². The highest BCUT2D eigenvalue weighted by atomic mass is 16.5. The van der Waals surface area contributed by atoms with Crippen molar-refractivity contribution in [2.45, 2.75) is 12.5 Å². The second-order valence-electron chi connectivity index (χ2n) is 6.52. The zero-order valence-electron chi connectivity index (χ0n) is 15.4. The number of piperazine rings is 1. The van der Waals surface area contributed by atoms with E-state index in [1.807, 2.05) is 53.4 Å². The number of hydrogen-bond acceptors (Lipinski definition) is 4. The van der Waals surface area contributed by atoms with Crippen molar-refractivity contribution >= 4 is 5.91 Å². The number of ether oxygens (including phenoxy) is 2. The number of carbonyl (C=O) groups excluding carboxylic acids is 1. The molecular formula is C21H26N2O3. The summed E-state index contributed by atoms with van der Waals surface area (Å²) in [7, 11) is 3.77. The SMILES string of the molecule is COc1cccc(C2CN(C(=O)CCOc3ccccc3)CCN2C)c1. The van der Waals surface area contributed by atoms with Gasteiger partial charge in [-0.15, -0.1) is 0 Å². The lowest BCUT2D eigenvalue weighted by Crippen LogP contribution is -2.49. The summed E-state index contributed by atoms with van der Waals surface area (Å²) in [5.74, 6) is 1.78. The van der Waals surface area contributed by atoms with Gasteiger partial charge in [0, 0.05) is 19.6 Å². The maximum absolute atomic E-state index is 12.6. The van der Waals surface area contributed by atoms with Crippen LogP contribution in [0.2, 0.25) is 0 Å². The first kappa shape index (κ1) is 18.3. The monoisotopic (exact) mass is 354 g/mol. The van der Waals surface area contributed by atoms with Crippen LogP contribution in [-0.2, 0) is 4.79 Å². The first-order valence-corrected chi connectivity index (χ1v) is 8.97. The van der Waals surface area contributed by atoms with Crippen molar-refractivity contribution in [3.63, 3.8) is 0 Å². The van der Waals surface area contributed by atoms with Crippen molar-refractivity contribution < 1.29 is 14.3 Å². The number of rotatable bonds is 6. The molecule has 5 heteroatoms. The molecule has 1 amide bonds. The van der Waals surface area contributed by atoms with Gasteiger partial charge in [-0.3, -0.25) is 9.69 Å². The summed E-state index contributed by atoms with van der Waals surface area (Å²) in [6.45, 7) is 2.70. The summed E-state index contributed by atoms with van der Waals surface area (Å²) in [6, 6.07) is 17.9. The van der Waals surface area contributed by atoms with Gasteiger partial charge in [-0.2, -0.15) is 0 Å². The molecule has 1 aliphatic rings. The molecule has 0 aliphatic carbocycles. The smallest absolute Gasteiger partial charge is 0.226 e. The summed E-state index contributed by atoms with van der Waals surface area (Å²) in [4.78, 5) is 16.8. The van der Waals surface area contributed by atoms with E-state index in [1.54, 1.807) is 7.11 Å². The van der Waals surface area contributed by atoms with Gasteiger partial charge < -0.3 is 14.4 Å². The lowest BCUT2D eigenvalue weighted by Gasteiger charge is -2.39. The first-order valence-electron chi connectivity index (χ1n) is 8.97. The van der Waals surface area contributed by atoms with E-state index in [0.29, 0.717) is 19.6 Å². The van der Waals surface area contributed by atoms with Crippen molar-refractivity contribution in [3.8, 4) is 11.5 Å². The highest BCUT2D eigenvalue weighted by Gasteiger charge is 2.28. The van der Waals surface area contributed by atoms with Crippen LogP contribution in [-0.4, -0.2) is 56.1 Å². The predicted molar refractivity (Wildman–Crippen MR) is 101 cm³/mol. The van der Waals surface area contributed by atoms with Crippen molar-refractivity contribution in [1.29, 1.82) is 0 Å². The summed E-state index contributed by atoms with van der Waals surface area (Å²) >= 11 is 0. The van der Waals surface area contributed by atoms with Gasteiger partial charge in [0.1, 0.15) is 11.5 Å². The van der Waals surface area contributed by atoms with Gasteiger partial charge in [0.05, 0.1) is 26.2 Å². The van der Waals surface area contributed by atoms with E-state index in [-0.39, 0.29) is 11.9 Å². The van der Waals surface area contributed by atoms with Gasteiger partial charge in [-0.25, -0.2) is 0 Å². The van der Waals surface area contributed by atoms with Gasteiger partial charge in [0.25, 0.3) is 0 Å². The van der Waals surface area contributed by atoms with Crippen LogP contribution in [0.5, 0.6) is 11.5 Å². The number of likely N-dealkylation sites (N-methyl/N-ethyl adjacent to an activating group) is 1. The third-order valence-corrected chi connectivity index (χ3v) is 4.81. The fourth-order valence-corrected chi connectivity index (χ4v) is 3.24. The lowest BCUT2D eigenvalue weighted by atomic mass is 10.0. The minimum atomic E-state index is 0.141. The molecule has 1 heterocycles. The number of amides is 1. The van der Waals surface area contributed by atoms with Crippen LogP contribution in [0.3, 0.4) is 0 Å². The molecule has 2 aromatic rings. The van der Waals surface area contributed by atoms with Gasteiger partial charge in [-0.1, -0.05) is 30.3 Å². The molecule has 3 rings (SSSR count). The maximum atomic E-state index is 12.6. The molecule has 1 unspecified atom stereocenters. The second kappa shape index (κ2) is 8.72. The molecule has 1 aliphatic heterocycles. The van der Waals surface area contributed by atoms with Crippen molar-refractivity contribution in [1.82, 2.24) is 9.80 Å². The Hall–Kier alpha value is -2.53. The van der Waals surface area contributed by atoms with Crippen molar-refractivity contribution in [2.75, 3.05) is 40.4 Å². The molecule has 1 fully saturated rings. The molecule has 0 aromatic heterocycles. The van der Waals surface area contributed by atoms with E-state index >= 15 is 0 Å². The zero-order chi connectivity index (χ0) is 18.4. The van der Waals surface area contributed by atoms with Gasteiger partial charge >= 0.3 is 0 Å². The van der Waals surface area contributed by atoms with Crippen LogP contribution in [0.1, 0.15) is 18.0 Å². The third-order valence-electron chi connectivity index (χ3n) is 4.81. The van der Waals surface area contributed by atoms with Crippen LogP contribution in [0.25, 0.3) is 0 Å². The lowest BCUT2D eigenvalue weighted by molar-refractivity contribution is -0.134. The van der Waals surface area contributed by atoms with Crippen molar-refractivity contribution in [3.05, 3.63) is 60.2 Å². The normalized spacial score (nSPS) is 17.8. The molecule has 1 saturated heterocycles. The molecule has 1 atom stereocenters. The summed E-state index contributed by atoms with van der Waals surface area (Å²) in [5, 5.41) is 0. The molecule has 26 heavy (non-hydrogen) atoms. The Bertz CT molecular complexity index is 720. The van der Waals surface area contributed by atoms with Crippen molar-refractivity contribution in [2.24, 2.45) is 0 Å². The molecule has 5 nitrogen and oxygen atoms in total. The fourth-order valence-electron chi connectivity index (χ4n) is 3.24. The molecule has 0 bridgehead atoms. The molecule has 0 radical (unpaired) electrons. The number of hydrogen-bond donors (Lipinski definition) is 0. The average molecular weight is 354 g/mol. The first-order chi connectivity index (χ1) is 12.7. The number of nitrogens with zero attached hydrogens (tertiary/aromatic N) is 2. The van der Waals surface area contributed by atoms with Gasteiger partial charge in [-0.05, 0) is 36.9 Å². The van der Waals surface area contributed by atoms with Crippen LogP contribution >= 0.6 is 0 Å². The Morgan fingerprint density at radius 3 is 2.62 bits per heavy atom. The summed E-state index contributed by atoms with van der Waals surface area (Å²) < 4.78 is 11.0. The molecule has 0 spiro atoms.